The molecule has 0 radical (unpaired) electrons. The van der Waals surface area contributed by atoms with Gasteiger partial charge in [-0.05, 0) is 75.6 Å². The smallest absolute Gasteiger partial charge is 0.261 e. The van der Waals surface area contributed by atoms with E-state index in [2.05, 4.69) is 10.0 Å². The number of para-hydroxylation sites is 1. The molecule has 0 saturated carbocycles. The Morgan fingerprint density at radius 3 is 2.23 bits per heavy atom. The number of sulfonamides is 1. The van der Waals surface area contributed by atoms with Crippen LogP contribution in [0.3, 0.4) is 0 Å². The van der Waals surface area contributed by atoms with Crippen LogP contribution in [0.4, 0.5) is 5.69 Å². The fourth-order valence-electron chi connectivity index (χ4n) is 3.59. The summed E-state index contributed by atoms with van der Waals surface area (Å²) >= 11 is 0. The van der Waals surface area contributed by atoms with Crippen molar-refractivity contribution in [3.05, 3.63) is 83.9 Å². The molecule has 3 aromatic rings. The van der Waals surface area contributed by atoms with E-state index in [-0.39, 0.29) is 16.8 Å². The van der Waals surface area contributed by atoms with Crippen molar-refractivity contribution in [1.82, 2.24) is 10.2 Å². The molecular weight excluding hydrogens is 466 g/mol. The maximum atomic E-state index is 12.8. The number of nitrogens with one attached hydrogen (secondary N) is 2. The van der Waals surface area contributed by atoms with Gasteiger partial charge in [0.25, 0.3) is 15.9 Å². The van der Waals surface area contributed by atoms with Crippen LogP contribution < -0.4 is 19.5 Å². The van der Waals surface area contributed by atoms with Crippen LogP contribution in [-0.2, 0) is 10.0 Å². The highest BCUT2D eigenvalue weighted by Crippen LogP contribution is 2.27. The minimum atomic E-state index is -3.80. The SMILES string of the molecule is CCOc1ccc(NS(=O)(=O)c2ccc(C(=O)NC[C@H](c3ccccc3OC)N(C)C)cc2)cc1. The molecule has 0 fully saturated rings. The first-order valence-electron chi connectivity index (χ1n) is 11.2. The van der Waals surface area contributed by atoms with Gasteiger partial charge in [-0.15, -0.1) is 0 Å². The van der Waals surface area contributed by atoms with E-state index in [1.54, 1.807) is 31.4 Å². The van der Waals surface area contributed by atoms with Crippen molar-refractivity contribution in [2.75, 3.05) is 39.1 Å². The van der Waals surface area contributed by atoms with E-state index in [1.807, 2.05) is 50.2 Å². The third-order valence-electron chi connectivity index (χ3n) is 5.42. The number of nitrogens with zero attached hydrogens (tertiary/aromatic N) is 1. The van der Waals surface area contributed by atoms with Gasteiger partial charge >= 0.3 is 0 Å². The van der Waals surface area contributed by atoms with Crippen LogP contribution >= 0.6 is 0 Å². The zero-order chi connectivity index (χ0) is 25.4. The Balaban J connectivity index is 1.66. The van der Waals surface area contributed by atoms with Gasteiger partial charge in [-0.25, -0.2) is 8.42 Å². The minimum absolute atomic E-state index is 0.0584. The van der Waals surface area contributed by atoms with Gasteiger partial charge < -0.3 is 19.7 Å². The molecule has 0 saturated heterocycles. The average molecular weight is 498 g/mol. The highest BCUT2D eigenvalue weighted by atomic mass is 32.2. The molecule has 0 aliphatic rings. The molecule has 3 aromatic carbocycles. The lowest BCUT2D eigenvalue weighted by atomic mass is 10.0. The molecule has 1 atom stereocenters. The second kappa shape index (κ2) is 11.7. The van der Waals surface area contributed by atoms with Gasteiger partial charge in [-0.3, -0.25) is 9.52 Å². The number of hydrogen-bond acceptors (Lipinski definition) is 6. The Morgan fingerprint density at radius 1 is 0.971 bits per heavy atom. The highest BCUT2D eigenvalue weighted by molar-refractivity contribution is 7.92. The summed E-state index contributed by atoms with van der Waals surface area (Å²) in [5, 5.41) is 2.93. The third-order valence-corrected chi connectivity index (χ3v) is 6.82. The summed E-state index contributed by atoms with van der Waals surface area (Å²) in [6, 6.07) is 20.0. The molecule has 8 nitrogen and oxygen atoms in total. The average Bonchev–Trinajstić information content (AvgIpc) is 2.85. The van der Waals surface area contributed by atoms with Crippen LogP contribution in [0.15, 0.2) is 77.7 Å². The summed E-state index contributed by atoms with van der Waals surface area (Å²) in [6.45, 7) is 2.76. The largest absolute Gasteiger partial charge is 0.496 e. The molecule has 0 bridgehead atoms. The monoisotopic (exact) mass is 497 g/mol. The number of carbonyl (C=O) groups excluding carboxylic acids is 1. The summed E-state index contributed by atoms with van der Waals surface area (Å²) in [5.41, 5.74) is 1.74. The zero-order valence-electron chi connectivity index (χ0n) is 20.3. The number of rotatable bonds is 11. The molecule has 3 rings (SSSR count). The lowest BCUT2D eigenvalue weighted by Crippen LogP contribution is -2.34. The Hall–Kier alpha value is -3.56. The molecule has 0 aliphatic carbocycles. The van der Waals surface area contributed by atoms with Crippen molar-refractivity contribution in [2.45, 2.75) is 17.9 Å². The first-order valence-corrected chi connectivity index (χ1v) is 12.7. The van der Waals surface area contributed by atoms with E-state index in [9.17, 15) is 13.2 Å². The molecule has 35 heavy (non-hydrogen) atoms. The van der Waals surface area contributed by atoms with Gasteiger partial charge in [0.2, 0.25) is 0 Å². The van der Waals surface area contributed by atoms with Gasteiger partial charge in [0.1, 0.15) is 11.5 Å². The highest BCUT2D eigenvalue weighted by Gasteiger charge is 2.20. The van der Waals surface area contributed by atoms with E-state index >= 15 is 0 Å². The molecule has 0 heterocycles. The number of benzene rings is 3. The molecule has 1 amide bonds. The van der Waals surface area contributed by atoms with Crippen molar-refractivity contribution in [1.29, 1.82) is 0 Å². The van der Waals surface area contributed by atoms with E-state index < -0.39 is 10.0 Å². The van der Waals surface area contributed by atoms with Crippen LogP contribution in [0.5, 0.6) is 11.5 Å². The molecular formula is C26H31N3O5S. The predicted octanol–water partition coefficient (Wildman–Crippen LogP) is 3.93. The lowest BCUT2D eigenvalue weighted by Gasteiger charge is -2.26. The van der Waals surface area contributed by atoms with E-state index in [0.29, 0.717) is 30.2 Å². The first kappa shape index (κ1) is 26.1. The van der Waals surface area contributed by atoms with Gasteiger partial charge in [0.15, 0.2) is 0 Å². The van der Waals surface area contributed by atoms with Gasteiger partial charge in [0.05, 0.1) is 24.7 Å². The summed E-state index contributed by atoms with van der Waals surface area (Å²) in [5.74, 6) is 1.11. The summed E-state index contributed by atoms with van der Waals surface area (Å²) in [4.78, 5) is 14.8. The molecule has 0 aromatic heterocycles. The van der Waals surface area contributed by atoms with Crippen LogP contribution in [0, 0.1) is 0 Å². The standard InChI is InChI=1S/C26H31N3O5S/c1-5-34-21-14-12-20(13-15-21)28-35(31,32)22-16-10-19(11-17-22)26(30)27-18-24(29(2)3)23-8-6-7-9-25(23)33-4/h6-17,24,28H,5,18H2,1-4H3,(H,27,30)/t24-/m1/s1. The molecule has 9 heteroatoms. The normalized spacial score (nSPS) is 12.1. The molecule has 0 aliphatic heterocycles. The van der Waals surface area contributed by atoms with Crippen LogP contribution in [0.1, 0.15) is 28.9 Å². The number of ether oxygens (including phenoxy) is 2. The molecule has 0 spiro atoms. The summed E-state index contributed by atoms with van der Waals surface area (Å²) < 4.78 is 38.8. The Kier molecular flexibility index (Phi) is 8.73. The fraction of sp³-hybridized carbons (Fsp3) is 0.269. The summed E-state index contributed by atoms with van der Waals surface area (Å²) in [7, 11) is 1.67. The zero-order valence-corrected chi connectivity index (χ0v) is 21.1. The maximum Gasteiger partial charge on any atom is 0.261 e. The third kappa shape index (κ3) is 6.74. The number of hydrogen-bond donors (Lipinski definition) is 2. The number of methoxy groups -OCH3 is 1. The Labute approximate surface area is 206 Å². The Bertz CT molecular complexity index is 1230. The van der Waals surface area contributed by atoms with Crippen molar-refractivity contribution in [3.8, 4) is 11.5 Å². The summed E-state index contributed by atoms with van der Waals surface area (Å²) in [6.07, 6.45) is 0. The van der Waals surface area contributed by atoms with E-state index in [1.165, 1.54) is 24.3 Å². The van der Waals surface area contributed by atoms with Crippen molar-refractivity contribution >= 4 is 21.6 Å². The quantitative estimate of drug-likeness (QED) is 0.417. The van der Waals surface area contributed by atoms with Gasteiger partial charge in [-0.2, -0.15) is 0 Å². The van der Waals surface area contributed by atoms with Crippen molar-refractivity contribution in [2.24, 2.45) is 0 Å². The molecule has 0 unspecified atom stereocenters. The number of likely N-dealkylation sites (N-methyl/N-ethyl adjacent to an activating group) is 1. The number of amides is 1. The topological polar surface area (TPSA) is 97.0 Å². The van der Waals surface area contributed by atoms with Crippen LogP contribution in [-0.4, -0.2) is 53.6 Å². The van der Waals surface area contributed by atoms with Crippen LogP contribution in [0.2, 0.25) is 0 Å². The van der Waals surface area contributed by atoms with E-state index in [0.717, 1.165) is 11.3 Å². The minimum Gasteiger partial charge on any atom is -0.496 e. The first-order chi connectivity index (χ1) is 16.7. The maximum absolute atomic E-state index is 12.8. The van der Waals surface area contributed by atoms with E-state index in [4.69, 9.17) is 9.47 Å². The van der Waals surface area contributed by atoms with Crippen molar-refractivity contribution < 1.29 is 22.7 Å². The second-order valence-electron chi connectivity index (χ2n) is 8.02. The van der Waals surface area contributed by atoms with Gasteiger partial charge in [0, 0.05) is 23.4 Å². The fourth-order valence-corrected chi connectivity index (χ4v) is 4.65. The predicted molar refractivity (Wildman–Crippen MR) is 137 cm³/mol. The number of carbonyl (C=O) groups is 1. The number of anilines is 1. The Morgan fingerprint density at radius 2 is 1.63 bits per heavy atom. The van der Waals surface area contributed by atoms with Crippen molar-refractivity contribution in [3.63, 3.8) is 0 Å². The molecule has 2 N–H and O–H groups in total. The lowest BCUT2D eigenvalue weighted by molar-refractivity contribution is 0.0941. The molecule has 186 valence electrons. The van der Waals surface area contributed by atoms with Crippen LogP contribution in [0.25, 0.3) is 0 Å². The second-order valence-corrected chi connectivity index (χ2v) is 9.70. The van der Waals surface area contributed by atoms with Gasteiger partial charge in [-0.1, -0.05) is 18.2 Å².